The summed E-state index contributed by atoms with van der Waals surface area (Å²) in [5.41, 5.74) is 0.897. The number of hydrogen-bond acceptors (Lipinski definition) is 1. The molecule has 1 aromatic carbocycles. The van der Waals surface area contributed by atoms with Crippen molar-refractivity contribution in [3.8, 4) is 0 Å². The van der Waals surface area contributed by atoms with Crippen LogP contribution in [-0.2, 0) is 4.79 Å². The summed E-state index contributed by atoms with van der Waals surface area (Å²) >= 11 is 0. The normalized spacial score (nSPS) is 11.2. The first-order valence-electron chi connectivity index (χ1n) is 11.8. The lowest BCUT2D eigenvalue weighted by atomic mass is 10.1. The number of carbonyl (C=O) groups is 1. The molecule has 0 heterocycles. The Morgan fingerprint density at radius 3 is 1.79 bits per heavy atom. The van der Waals surface area contributed by atoms with E-state index in [1.165, 1.54) is 89.9 Å². The lowest BCUT2D eigenvalue weighted by Gasteiger charge is -2.05. The predicted molar refractivity (Wildman–Crippen MR) is 124 cm³/mol. The third-order valence-corrected chi connectivity index (χ3v) is 5.22. The van der Waals surface area contributed by atoms with Crippen LogP contribution in [0, 0.1) is 0 Å². The van der Waals surface area contributed by atoms with Crippen LogP contribution in [0.3, 0.4) is 0 Å². The van der Waals surface area contributed by atoms with Gasteiger partial charge in [-0.1, -0.05) is 101 Å². The number of unbranched alkanes of at least 4 members (excludes halogenated alkanes) is 13. The van der Waals surface area contributed by atoms with Crippen LogP contribution in [-0.4, -0.2) is 5.91 Å². The largest absolute Gasteiger partial charge is 0.326 e. The van der Waals surface area contributed by atoms with Gasteiger partial charge in [0.2, 0.25) is 5.91 Å². The maximum atomic E-state index is 11.9. The Kier molecular flexibility index (Phi) is 16.4. The van der Waals surface area contributed by atoms with Crippen molar-refractivity contribution in [3.05, 3.63) is 42.5 Å². The minimum atomic E-state index is 0.138. The van der Waals surface area contributed by atoms with Crippen molar-refractivity contribution in [1.29, 1.82) is 0 Å². The average molecular weight is 386 g/mol. The number of amides is 1. The highest BCUT2D eigenvalue weighted by Gasteiger charge is 2.01. The van der Waals surface area contributed by atoms with Crippen LogP contribution >= 0.6 is 0 Å². The summed E-state index contributed by atoms with van der Waals surface area (Å²) in [6.07, 6.45) is 25.0. The fourth-order valence-electron chi connectivity index (χ4n) is 3.45. The molecule has 0 saturated heterocycles. The maximum absolute atomic E-state index is 11.9. The van der Waals surface area contributed by atoms with Crippen LogP contribution in [0.25, 0.3) is 0 Å². The van der Waals surface area contributed by atoms with E-state index in [2.05, 4.69) is 24.4 Å². The van der Waals surface area contributed by atoms with Crippen LogP contribution in [0.4, 0.5) is 5.69 Å². The molecule has 0 atom stereocenters. The Morgan fingerprint density at radius 2 is 1.21 bits per heavy atom. The van der Waals surface area contributed by atoms with Gasteiger partial charge in [-0.3, -0.25) is 4.79 Å². The Morgan fingerprint density at radius 1 is 0.714 bits per heavy atom. The number of anilines is 1. The van der Waals surface area contributed by atoms with Crippen LogP contribution in [0.2, 0.25) is 0 Å². The maximum Gasteiger partial charge on any atom is 0.224 e. The number of nitrogens with one attached hydrogen (secondary N) is 1. The summed E-state index contributed by atoms with van der Waals surface area (Å²) in [4.78, 5) is 11.9. The van der Waals surface area contributed by atoms with E-state index in [0.29, 0.717) is 6.42 Å². The van der Waals surface area contributed by atoms with Gasteiger partial charge in [-0.15, -0.1) is 0 Å². The topological polar surface area (TPSA) is 29.1 Å². The van der Waals surface area contributed by atoms with E-state index in [1.54, 1.807) is 0 Å². The van der Waals surface area contributed by atoms with E-state index in [1.807, 2.05) is 30.3 Å². The molecule has 0 spiro atoms. The van der Waals surface area contributed by atoms with Gasteiger partial charge >= 0.3 is 0 Å². The molecule has 1 N–H and O–H groups in total. The minimum absolute atomic E-state index is 0.138. The van der Waals surface area contributed by atoms with Gasteiger partial charge in [-0.2, -0.15) is 0 Å². The highest BCUT2D eigenvalue weighted by atomic mass is 16.1. The molecule has 0 aromatic heterocycles. The summed E-state index contributed by atoms with van der Waals surface area (Å²) in [5, 5.41) is 2.95. The number of para-hydroxylation sites is 1. The molecule has 0 saturated carbocycles. The van der Waals surface area contributed by atoms with E-state index >= 15 is 0 Å². The van der Waals surface area contributed by atoms with Crippen molar-refractivity contribution in [3.63, 3.8) is 0 Å². The van der Waals surface area contributed by atoms with Crippen LogP contribution in [0.1, 0.15) is 110 Å². The van der Waals surface area contributed by atoms with Gasteiger partial charge < -0.3 is 5.32 Å². The number of carbonyl (C=O) groups excluding carboxylic acids is 1. The molecular formula is C26H43NO. The van der Waals surface area contributed by atoms with Crippen LogP contribution < -0.4 is 5.32 Å². The molecule has 0 fully saturated rings. The SMILES string of the molecule is CCCCCCCC/C=C\CCCCCCCCCC(=O)Nc1ccccc1. The molecule has 0 aliphatic rings. The van der Waals surface area contributed by atoms with Crippen molar-refractivity contribution in [1.82, 2.24) is 0 Å². The fourth-order valence-corrected chi connectivity index (χ4v) is 3.45. The fraction of sp³-hybridized carbons (Fsp3) is 0.654. The van der Waals surface area contributed by atoms with Crippen molar-refractivity contribution in [2.75, 3.05) is 5.32 Å². The first-order chi connectivity index (χ1) is 13.8. The van der Waals surface area contributed by atoms with Crippen molar-refractivity contribution in [2.24, 2.45) is 0 Å². The first-order valence-corrected chi connectivity index (χ1v) is 11.8. The molecule has 0 aliphatic heterocycles. The van der Waals surface area contributed by atoms with E-state index in [9.17, 15) is 4.79 Å². The number of rotatable bonds is 18. The second kappa shape index (κ2) is 18.8. The molecule has 0 bridgehead atoms. The van der Waals surface area contributed by atoms with Crippen molar-refractivity contribution < 1.29 is 4.79 Å². The molecule has 0 aliphatic carbocycles. The third kappa shape index (κ3) is 15.5. The molecule has 1 amide bonds. The average Bonchev–Trinajstić information content (AvgIpc) is 2.71. The number of allylic oxidation sites excluding steroid dienone is 2. The summed E-state index contributed by atoms with van der Waals surface area (Å²) < 4.78 is 0. The van der Waals surface area contributed by atoms with Crippen LogP contribution in [0.15, 0.2) is 42.5 Å². The van der Waals surface area contributed by atoms with Gasteiger partial charge in [0.25, 0.3) is 0 Å². The van der Waals surface area contributed by atoms with Gasteiger partial charge in [0.05, 0.1) is 0 Å². The van der Waals surface area contributed by atoms with E-state index < -0.39 is 0 Å². The van der Waals surface area contributed by atoms with Gasteiger partial charge in [-0.25, -0.2) is 0 Å². The quantitative estimate of drug-likeness (QED) is 0.199. The van der Waals surface area contributed by atoms with Gasteiger partial charge in [0.15, 0.2) is 0 Å². The molecule has 0 radical (unpaired) electrons. The monoisotopic (exact) mass is 385 g/mol. The molecule has 158 valence electrons. The van der Waals surface area contributed by atoms with Gasteiger partial charge in [0, 0.05) is 12.1 Å². The lowest BCUT2D eigenvalue weighted by molar-refractivity contribution is -0.116. The molecule has 1 aromatic rings. The second-order valence-corrected chi connectivity index (χ2v) is 7.96. The predicted octanol–water partition coefficient (Wildman–Crippen LogP) is 8.44. The zero-order valence-corrected chi connectivity index (χ0v) is 18.3. The Bertz CT molecular complexity index is 494. The highest BCUT2D eigenvalue weighted by molar-refractivity contribution is 5.90. The zero-order valence-electron chi connectivity index (χ0n) is 18.3. The summed E-state index contributed by atoms with van der Waals surface area (Å²) in [5.74, 6) is 0.138. The number of benzene rings is 1. The smallest absolute Gasteiger partial charge is 0.224 e. The molecule has 1 rings (SSSR count). The van der Waals surface area contributed by atoms with E-state index in [0.717, 1.165) is 12.1 Å². The Hall–Kier alpha value is -1.57. The summed E-state index contributed by atoms with van der Waals surface area (Å²) in [7, 11) is 0. The van der Waals surface area contributed by atoms with Crippen molar-refractivity contribution >= 4 is 11.6 Å². The Balaban J connectivity index is 1.79. The molecule has 2 heteroatoms. The van der Waals surface area contributed by atoms with Crippen molar-refractivity contribution in [2.45, 2.75) is 110 Å². The number of hydrogen-bond donors (Lipinski definition) is 1. The standard InChI is InChI=1S/C26H43NO/c1-2-3-4-5-6-7-8-9-10-11-12-13-14-15-16-17-21-24-26(28)27-25-22-19-18-20-23-25/h9-10,18-20,22-23H,2-8,11-17,21,24H2,1H3,(H,27,28)/b10-9-. The molecule has 0 unspecified atom stereocenters. The lowest BCUT2D eigenvalue weighted by Crippen LogP contribution is -2.10. The third-order valence-electron chi connectivity index (χ3n) is 5.22. The molecular weight excluding hydrogens is 342 g/mol. The highest BCUT2D eigenvalue weighted by Crippen LogP contribution is 2.12. The molecule has 28 heavy (non-hydrogen) atoms. The van der Waals surface area contributed by atoms with Crippen LogP contribution in [0.5, 0.6) is 0 Å². The minimum Gasteiger partial charge on any atom is -0.326 e. The molecule has 2 nitrogen and oxygen atoms in total. The van der Waals surface area contributed by atoms with Gasteiger partial charge in [0.1, 0.15) is 0 Å². The van der Waals surface area contributed by atoms with Gasteiger partial charge in [-0.05, 0) is 44.2 Å². The first kappa shape index (κ1) is 24.5. The van der Waals surface area contributed by atoms with E-state index in [4.69, 9.17) is 0 Å². The summed E-state index contributed by atoms with van der Waals surface area (Å²) in [6.45, 7) is 2.27. The zero-order chi connectivity index (χ0) is 20.1. The van der Waals surface area contributed by atoms with E-state index in [-0.39, 0.29) is 5.91 Å². The second-order valence-electron chi connectivity index (χ2n) is 7.96. The Labute approximate surface area is 174 Å². The summed E-state index contributed by atoms with van der Waals surface area (Å²) in [6, 6.07) is 9.72.